The Morgan fingerprint density at radius 3 is 2.26 bits per heavy atom. The fourth-order valence-electron chi connectivity index (χ4n) is 1.43. The fourth-order valence-corrected chi connectivity index (χ4v) is 2.91. The van der Waals surface area contributed by atoms with Crippen LogP contribution in [-0.4, -0.2) is 36.7 Å². The predicted octanol–water partition coefficient (Wildman–Crippen LogP) is 3.18. The molecule has 0 aromatic heterocycles. The smallest absolute Gasteiger partial charge is 0.328 e. The minimum absolute atomic E-state index is 0.0776. The number of aliphatic hydroxyl groups is 1. The maximum Gasteiger partial charge on any atom is 0.328 e. The molecule has 0 aliphatic heterocycles. The van der Waals surface area contributed by atoms with Crippen LogP contribution in [0.1, 0.15) is 40.5 Å². The standard InChI is InChI=1S/C14H28O4Si/c1-11(18-19(5,6)14(2,3)4)7-8-12(15)9-10-13(16)17/h9-12,15H,7-8H2,1-6H3,(H,16,17)/t11-,12-/m1/s1. The first-order valence-corrected chi connectivity index (χ1v) is 9.63. The van der Waals surface area contributed by atoms with Crippen LogP contribution in [0, 0.1) is 0 Å². The van der Waals surface area contributed by atoms with E-state index in [9.17, 15) is 9.90 Å². The van der Waals surface area contributed by atoms with E-state index < -0.39 is 20.4 Å². The van der Waals surface area contributed by atoms with E-state index in [4.69, 9.17) is 9.53 Å². The molecule has 0 saturated heterocycles. The molecule has 2 atom stereocenters. The van der Waals surface area contributed by atoms with E-state index in [-0.39, 0.29) is 11.1 Å². The van der Waals surface area contributed by atoms with Gasteiger partial charge in [0.1, 0.15) is 0 Å². The first-order valence-electron chi connectivity index (χ1n) is 6.72. The van der Waals surface area contributed by atoms with Crippen LogP contribution in [-0.2, 0) is 9.22 Å². The monoisotopic (exact) mass is 288 g/mol. The van der Waals surface area contributed by atoms with Crippen molar-refractivity contribution in [2.24, 2.45) is 0 Å². The van der Waals surface area contributed by atoms with Crippen LogP contribution in [0.5, 0.6) is 0 Å². The minimum atomic E-state index is -1.77. The molecule has 4 nitrogen and oxygen atoms in total. The Morgan fingerprint density at radius 2 is 1.84 bits per heavy atom. The van der Waals surface area contributed by atoms with Crippen molar-refractivity contribution in [1.82, 2.24) is 0 Å². The second-order valence-electron chi connectivity index (χ2n) is 6.53. The average Bonchev–Trinajstić information content (AvgIpc) is 2.21. The molecule has 0 rings (SSSR count). The van der Waals surface area contributed by atoms with Gasteiger partial charge >= 0.3 is 5.97 Å². The van der Waals surface area contributed by atoms with Crippen molar-refractivity contribution >= 4 is 14.3 Å². The zero-order chi connectivity index (χ0) is 15.3. The largest absolute Gasteiger partial charge is 0.478 e. The van der Waals surface area contributed by atoms with E-state index in [1.807, 2.05) is 6.92 Å². The van der Waals surface area contributed by atoms with E-state index in [0.717, 1.165) is 12.5 Å². The van der Waals surface area contributed by atoms with Crippen molar-refractivity contribution in [3.8, 4) is 0 Å². The topological polar surface area (TPSA) is 66.8 Å². The Labute approximate surface area is 117 Å². The van der Waals surface area contributed by atoms with Gasteiger partial charge in [-0.1, -0.05) is 20.8 Å². The molecule has 19 heavy (non-hydrogen) atoms. The SMILES string of the molecule is C[C@H](CC[C@@H](O)C=CC(=O)O)O[Si](C)(C)C(C)(C)C. The second kappa shape index (κ2) is 7.22. The van der Waals surface area contributed by atoms with Crippen LogP contribution >= 0.6 is 0 Å². The molecular formula is C14H28O4Si. The van der Waals surface area contributed by atoms with Gasteiger partial charge in [-0.2, -0.15) is 0 Å². The molecule has 0 aliphatic rings. The molecule has 0 aromatic rings. The Morgan fingerprint density at radius 1 is 1.32 bits per heavy atom. The van der Waals surface area contributed by atoms with Crippen molar-refractivity contribution < 1.29 is 19.4 Å². The molecule has 0 aromatic carbocycles. The van der Waals surface area contributed by atoms with Gasteiger partial charge in [0.05, 0.1) is 6.10 Å². The van der Waals surface area contributed by atoms with Crippen molar-refractivity contribution in [1.29, 1.82) is 0 Å². The van der Waals surface area contributed by atoms with E-state index in [0.29, 0.717) is 6.42 Å². The number of carboxylic acid groups (broad SMARTS) is 1. The molecule has 5 heteroatoms. The quantitative estimate of drug-likeness (QED) is 0.558. The summed E-state index contributed by atoms with van der Waals surface area (Å²) in [5.41, 5.74) is 0. The summed E-state index contributed by atoms with van der Waals surface area (Å²) >= 11 is 0. The van der Waals surface area contributed by atoms with Gasteiger partial charge < -0.3 is 14.6 Å². The van der Waals surface area contributed by atoms with Gasteiger partial charge in [0.25, 0.3) is 0 Å². The van der Waals surface area contributed by atoms with Gasteiger partial charge in [-0.15, -0.1) is 0 Å². The summed E-state index contributed by atoms with van der Waals surface area (Å²) in [6, 6.07) is 0. The molecule has 0 radical (unpaired) electrons. The van der Waals surface area contributed by atoms with E-state index in [2.05, 4.69) is 33.9 Å². The molecule has 0 amide bonds. The maximum absolute atomic E-state index is 10.3. The molecule has 2 N–H and O–H groups in total. The Balaban J connectivity index is 4.20. The van der Waals surface area contributed by atoms with Crippen molar-refractivity contribution in [3.05, 3.63) is 12.2 Å². The van der Waals surface area contributed by atoms with Crippen LogP contribution in [0.25, 0.3) is 0 Å². The summed E-state index contributed by atoms with van der Waals surface area (Å²) in [6.07, 6.45) is 2.87. The highest BCUT2D eigenvalue weighted by molar-refractivity contribution is 6.74. The lowest BCUT2D eigenvalue weighted by molar-refractivity contribution is -0.131. The van der Waals surface area contributed by atoms with Crippen LogP contribution in [0.3, 0.4) is 0 Å². The zero-order valence-corrected chi connectivity index (χ0v) is 13.9. The molecule has 0 unspecified atom stereocenters. The molecule has 0 aliphatic carbocycles. The van der Waals surface area contributed by atoms with Crippen molar-refractivity contribution in [2.75, 3.05) is 0 Å². The normalized spacial score (nSPS) is 16.6. The lowest BCUT2D eigenvalue weighted by Gasteiger charge is -2.38. The third-order valence-electron chi connectivity index (χ3n) is 3.63. The average molecular weight is 288 g/mol. The summed E-state index contributed by atoms with van der Waals surface area (Å²) in [4.78, 5) is 10.3. The predicted molar refractivity (Wildman–Crippen MR) is 79.8 cm³/mol. The van der Waals surface area contributed by atoms with Crippen LogP contribution < -0.4 is 0 Å². The molecular weight excluding hydrogens is 260 g/mol. The van der Waals surface area contributed by atoms with E-state index >= 15 is 0 Å². The van der Waals surface area contributed by atoms with Gasteiger partial charge in [0.2, 0.25) is 0 Å². The molecule has 0 saturated carbocycles. The number of aliphatic hydroxyl groups excluding tert-OH is 1. The lowest BCUT2D eigenvalue weighted by Crippen LogP contribution is -2.43. The summed E-state index contributed by atoms with van der Waals surface area (Å²) in [7, 11) is -1.77. The highest BCUT2D eigenvalue weighted by atomic mass is 28.4. The molecule has 0 bridgehead atoms. The van der Waals surface area contributed by atoms with E-state index in [1.165, 1.54) is 6.08 Å². The Kier molecular flexibility index (Phi) is 6.97. The molecule has 0 spiro atoms. The zero-order valence-electron chi connectivity index (χ0n) is 12.9. The third-order valence-corrected chi connectivity index (χ3v) is 8.24. The maximum atomic E-state index is 10.3. The number of carbonyl (C=O) groups is 1. The fraction of sp³-hybridized carbons (Fsp3) is 0.786. The summed E-state index contributed by atoms with van der Waals surface area (Å²) in [5, 5.41) is 18.2. The van der Waals surface area contributed by atoms with Crippen LogP contribution in [0.4, 0.5) is 0 Å². The molecule has 112 valence electrons. The van der Waals surface area contributed by atoms with Crippen LogP contribution in [0.15, 0.2) is 12.2 Å². The van der Waals surface area contributed by atoms with Gasteiger partial charge in [0.15, 0.2) is 8.32 Å². The highest BCUT2D eigenvalue weighted by Gasteiger charge is 2.38. The van der Waals surface area contributed by atoms with E-state index in [1.54, 1.807) is 0 Å². The number of aliphatic carboxylic acids is 1. The minimum Gasteiger partial charge on any atom is -0.478 e. The van der Waals surface area contributed by atoms with Gasteiger partial charge in [0, 0.05) is 12.2 Å². The molecule has 0 heterocycles. The van der Waals surface area contributed by atoms with Crippen molar-refractivity contribution in [3.63, 3.8) is 0 Å². The van der Waals surface area contributed by atoms with Gasteiger partial charge in [-0.25, -0.2) is 4.79 Å². The van der Waals surface area contributed by atoms with Crippen molar-refractivity contribution in [2.45, 2.75) is 70.9 Å². The lowest BCUT2D eigenvalue weighted by atomic mass is 10.1. The highest BCUT2D eigenvalue weighted by Crippen LogP contribution is 2.37. The summed E-state index contributed by atoms with van der Waals surface area (Å²) in [5.74, 6) is -1.04. The first kappa shape index (κ1) is 18.3. The number of hydrogen-bond acceptors (Lipinski definition) is 3. The molecule has 0 fully saturated rings. The van der Waals surface area contributed by atoms with Gasteiger partial charge in [-0.05, 0) is 44.0 Å². The number of hydrogen-bond donors (Lipinski definition) is 2. The number of rotatable bonds is 7. The second-order valence-corrected chi connectivity index (χ2v) is 11.3. The van der Waals surface area contributed by atoms with Crippen LogP contribution in [0.2, 0.25) is 18.1 Å². The Bertz CT molecular complexity index is 318. The first-order chi connectivity index (χ1) is 8.45. The van der Waals surface area contributed by atoms with Gasteiger partial charge in [-0.3, -0.25) is 0 Å². The third kappa shape index (κ3) is 7.50. The summed E-state index contributed by atoms with van der Waals surface area (Å²) < 4.78 is 6.17. The number of carboxylic acids is 1. The Hall–Kier alpha value is -0.653. The summed E-state index contributed by atoms with van der Waals surface area (Å²) in [6.45, 7) is 13.0.